The number of carboxylic acids is 1. The number of ether oxygens (including phenoxy) is 1. The minimum absolute atomic E-state index is 0. The second-order valence-corrected chi connectivity index (χ2v) is 3.74. The van der Waals surface area contributed by atoms with Crippen LogP contribution in [0.5, 0.6) is 0 Å². The van der Waals surface area contributed by atoms with Crippen LogP contribution in [0.2, 0.25) is 0 Å². The first-order chi connectivity index (χ1) is 6.47. The molecule has 0 bridgehead atoms. The molecule has 0 heterocycles. The summed E-state index contributed by atoms with van der Waals surface area (Å²) in [5, 5.41) is 8.47. The monoisotopic (exact) mass is 221 g/mol. The normalized spacial score (nSPS) is 11.1. The molecular formula is C11H27NO3. The van der Waals surface area contributed by atoms with E-state index in [0.29, 0.717) is 12.5 Å². The van der Waals surface area contributed by atoms with Crippen molar-refractivity contribution in [2.24, 2.45) is 17.6 Å². The van der Waals surface area contributed by atoms with E-state index < -0.39 is 5.97 Å². The van der Waals surface area contributed by atoms with Crippen molar-refractivity contribution in [3.05, 3.63) is 0 Å². The minimum Gasteiger partial charge on any atom is -0.481 e. The summed E-state index contributed by atoms with van der Waals surface area (Å²) in [6.07, 6.45) is 1.11. The van der Waals surface area contributed by atoms with Gasteiger partial charge in [-0.2, -0.15) is 0 Å². The molecule has 15 heavy (non-hydrogen) atoms. The quantitative estimate of drug-likeness (QED) is 0.744. The molecule has 4 nitrogen and oxygen atoms in total. The van der Waals surface area contributed by atoms with Crippen molar-refractivity contribution in [2.45, 2.75) is 34.1 Å². The molecule has 0 aromatic carbocycles. The summed E-state index contributed by atoms with van der Waals surface area (Å²) in [4.78, 5) is 10.3. The van der Waals surface area contributed by atoms with Crippen molar-refractivity contribution >= 4 is 5.97 Å². The van der Waals surface area contributed by atoms with Crippen molar-refractivity contribution in [1.29, 1.82) is 0 Å². The number of aliphatic carboxylic acids is 1. The van der Waals surface area contributed by atoms with E-state index in [1.54, 1.807) is 14.2 Å². The summed E-state index contributed by atoms with van der Waals surface area (Å²) in [7, 11) is 3.25. The van der Waals surface area contributed by atoms with E-state index in [1.165, 1.54) is 0 Å². The zero-order valence-electron chi connectivity index (χ0n) is 9.62. The molecule has 0 aliphatic rings. The second-order valence-electron chi connectivity index (χ2n) is 3.74. The highest BCUT2D eigenvalue weighted by atomic mass is 16.4. The van der Waals surface area contributed by atoms with E-state index in [9.17, 15) is 4.79 Å². The molecule has 0 saturated carbocycles. The van der Waals surface area contributed by atoms with Gasteiger partial charge in [-0.05, 0) is 24.8 Å². The highest BCUT2D eigenvalue weighted by Gasteiger charge is 2.12. The number of rotatable bonds is 5. The predicted molar refractivity (Wildman–Crippen MR) is 63.9 cm³/mol. The summed E-state index contributed by atoms with van der Waals surface area (Å²) in [5.74, 6) is -0.0727. The van der Waals surface area contributed by atoms with Gasteiger partial charge in [-0.3, -0.25) is 4.79 Å². The maximum Gasteiger partial charge on any atom is 0.303 e. The molecule has 0 rings (SSSR count). The van der Waals surface area contributed by atoms with Crippen LogP contribution in [-0.2, 0) is 9.53 Å². The average Bonchev–Trinajstić information content (AvgIpc) is 2.02. The van der Waals surface area contributed by atoms with E-state index in [1.807, 2.05) is 0 Å². The van der Waals surface area contributed by atoms with Gasteiger partial charge in [0.25, 0.3) is 0 Å². The maximum absolute atomic E-state index is 10.3. The zero-order chi connectivity index (χ0) is 11.6. The Morgan fingerprint density at radius 2 is 1.80 bits per heavy atom. The fraction of sp³-hybridized carbons (Fsp3) is 0.909. The Bertz CT molecular complexity index is 138. The Balaban J connectivity index is -0.000000320. The third-order valence-corrected chi connectivity index (χ3v) is 1.60. The average molecular weight is 221 g/mol. The van der Waals surface area contributed by atoms with Gasteiger partial charge in [0, 0.05) is 20.6 Å². The molecule has 0 aromatic rings. The van der Waals surface area contributed by atoms with Crippen LogP contribution >= 0.6 is 0 Å². The summed E-state index contributed by atoms with van der Waals surface area (Å²) < 4.78 is 4.25. The lowest BCUT2D eigenvalue weighted by atomic mass is 9.94. The molecular weight excluding hydrogens is 194 g/mol. The molecule has 4 heteroatoms. The SMILES string of the molecule is C.CC(C)C[C@@H](CN)CC(=O)O.COC. The summed E-state index contributed by atoms with van der Waals surface area (Å²) >= 11 is 0. The maximum atomic E-state index is 10.3. The van der Waals surface area contributed by atoms with Gasteiger partial charge in [0.15, 0.2) is 0 Å². The molecule has 0 fully saturated rings. The molecule has 0 aromatic heterocycles. The topological polar surface area (TPSA) is 72.6 Å². The van der Waals surface area contributed by atoms with Gasteiger partial charge in [-0.1, -0.05) is 21.3 Å². The van der Waals surface area contributed by atoms with E-state index in [-0.39, 0.29) is 19.8 Å². The van der Waals surface area contributed by atoms with Gasteiger partial charge in [-0.15, -0.1) is 0 Å². The molecule has 94 valence electrons. The third kappa shape index (κ3) is 19.7. The number of carboxylic acid groups (broad SMARTS) is 1. The highest BCUT2D eigenvalue weighted by Crippen LogP contribution is 2.13. The number of carbonyl (C=O) groups is 1. The van der Waals surface area contributed by atoms with E-state index in [4.69, 9.17) is 10.8 Å². The van der Waals surface area contributed by atoms with E-state index in [2.05, 4.69) is 18.6 Å². The number of nitrogens with two attached hydrogens (primary N) is 1. The van der Waals surface area contributed by atoms with Crippen molar-refractivity contribution in [3.63, 3.8) is 0 Å². The molecule has 1 atom stereocenters. The molecule has 3 N–H and O–H groups in total. The summed E-state index contributed by atoms with van der Waals surface area (Å²) in [6.45, 7) is 4.62. The van der Waals surface area contributed by atoms with Crippen molar-refractivity contribution < 1.29 is 14.6 Å². The van der Waals surface area contributed by atoms with E-state index >= 15 is 0 Å². The van der Waals surface area contributed by atoms with Gasteiger partial charge in [-0.25, -0.2) is 0 Å². The lowest BCUT2D eigenvalue weighted by Gasteiger charge is -2.13. The lowest BCUT2D eigenvalue weighted by molar-refractivity contribution is -0.138. The van der Waals surface area contributed by atoms with Crippen molar-refractivity contribution in [1.82, 2.24) is 0 Å². The zero-order valence-corrected chi connectivity index (χ0v) is 9.62. The van der Waals surface area contributed by atoms with Crippen LogP contribution in [-0.4, -0.2) is 31.8 Å². The Hall–Kier alpha value is -0.610. The van der Waals surface area contributed by atoms with Gasteiger partial charge in [0.2, 0.25) is 0 Å². The molecule has 0 aliphatic heterocycles. The highest BCUT2D eigenvalue weighted by molar-refractivity contribution is 5.67. The number of hydrogen-bond acceptors (Lipinski definition) is 3. The molecule has 0 saturated heterocycles. The number of methoxy groups -OCH3 is 1. The Labute approximate surface area is 93.8 Å². The van der Waals surface area contributed by atoms with Gasteiger partial charge in [0.1, 0.15) is 0 Å². The van der Waals surface area contributed by atoms with Crippen LogP contribution in [0, 0.1) is 11.8 Å². The van der Waals surface area contributed by atoms with Gasteiger partial charge in [0.05, 0.1) is 0 Å². The summed E-state index contributed by atoms with van der Waals surface area (Å²) in [6, 6.07) is 0. The lowest BCUT2D eigenvalue weighted by Crippen LogP contribution is -2.19. The first-order valence-electron chi connectivity index (χ1n) is 4.79. The van der Waals surface area contributed by atoms with Crippen molar-refractivity contribution in [3.8, 4) is 0 Å². The van der Waals surface area contributed by atoms with Crippen LogP contribution in [0.25, 0.3) is 0 Å². The Kier molecular flexibility index (Phi) is 17.8. The van der Waals surface area contributed by atoms with Crippen LogP contribution in [0.1, 0.15) is 34.1 Å². The molecule has 0 spiro atoms. The largest absolute Gasteiger partial charge is 0.481 e. The van der Waals surface area contributed by atoms with Crippen LogP contribution in [0.15, 0.2) is 0 Å². The molecule has 0 amide bonds. The molecule has 0 aliphatic carbocycles. The van der Waals surface area contributed by atoms with Crippen LogP contribution in [0.4, 0.5) is 0 Å². The standard InChI is InChI=1S/C8H17NO2.C2H6O.CH4/c1-6(2)3-7(5-9)4-8(10)11;1-3-2;/h6-7H,3-5,9H2,1-2H3,(H,10,11);1-2H3;1H4/t7-;;/m1../s1. The molecule has 0 radical (unpaired) electrons. The van der Waals surface area contributed by atoms with Crippen molar-refractivity contribution in [2.75, 3.05) is 20.8 Å². The smallest absolute Gasteiger partial charge is 0.303 e. The Morgan fingerprint density at radius 1 is 1.40 bits per heavy atom. The third-order valence-electron chi connectivity index (χ3n) is 1.60. The Morgan fingerprint density at radius 3 is 2.00 bits per heavy atom. The predicted octanol–water partition coefficient (Wildman–Crippen LogP) is 1.98. The minimum atomic E-state index is -0.749. The fourth-order valence-corrected chi connectivity index (χ4v) is 1.18. The van der Waals surface area contributed by atoms with E-state index in [0.717, 1.165) is 6.42 Å². The van der Waals surface area contributed by atoms with Crippen LogP contribution < -0.4 is 5.73 Å². The summed E-state index contributed by atoms with van der Waals surface area (Å²) in [5.41, 5.74) is 5.41. The number of hydrogen-bond donors (Lipinski definition) is 2. The molecule has 0 unspecified atom stereocenters. The van der Waals surface area contributed by atoms with Crippen LogP contribution in [0.3, 0.4) is 0 Å². The van der Waals surface area contributed by atoms with Gasteiger partial charge < -0.3 is 15.6 Å². The van der Waals surface area contributed by atoms with Gasteiger partial charge >= 0.3 is 5.97 Å². The fourth-order valence-electron chi connectivity index (χ4n) is 1.18. The second kappa shape index (κ2) is 13.4. The first-order valence-corrected chi connectivity index (χ1v) is 4.79. The first kappa shape index (κ1) is 19.9.